The van der Waals surface area contributed by atoms with Crippen molar-refractivity contribution in [3.63, 3.8) is 0 Å². The molecular formula is C12H24N2O2. The Balaban J connectivity index is 4.16. The monoisotopic (exact) mass is 228 g/mol. The molecule has 0 saturated carbocycles. The second-order valence-corrected chi connectivity index (χ2v) is 5.29. The van der Waals surface area contributed by atoms with Crippen LogP contribution in [-0.2, 0) is 9.59 Å². The SMILES string of the molecule is CC(=O)N(CCNC(=O)C(C)C)C(C)(C)C. The predicted molar refractivity (Wildman–Crippen MR) is 65.0 cm³/mol. The number of amides is 2. The van der Waals surface area contributed by atoms with Gasteiger partial charge in [0.1, 0.15) is 0 Å². The van der Waals surface area contributed by atoms with E-state index in [4.69, 9.17) is 0 Å². The highest BCUT2D eigenvalue weighted by Crippen LogP contribution is 2.12. The molecular weight excluding hydrogens is 204 g/mol. The zero-order valence-corrected chi connectivity index (χ0v) is 11.3. The highest BCUT2D eigenvalue weighted by molar-refractivity contribution is 5.78. The number of hydrogen-bond acceptors (Lipinski definition) is 2. The van der Waals surface area contributed by atoms with Crippen molar-refractivity contribution in [3.8, 4) is 0 Å². The van der Waals surface area contributed by atoms with E-state index >= 15 is 0 Å². The van der Waals surface area contributed by atoms with Crippen LogP contribution in [0, 0.1) is 5.92 Å². The molecule has 0 fully saturated rings. The number of rotatable bonds is 4. The summed E-state index contributed by atoms with van der Waals surface area (Å²) in [5, 5.41) is 2.81. The summed E-state index contributed by atoms with van der Waals surface area (Å²) in [5.74, 6) is 0.0455. The molecule has 0 radical (unpaired) electrons. The molecule has 0 atom stereocenters. The van der Waals surface area contributed by atoms with E-state index in [0.717, 1.165) is 0 Å². The lowest BCUT2D eigenvalue weighted by Gasteiger charge is -2.35. The first-order valence-corrected chi connectivity index (χ1v) is 5.72. The van der Waals surface area contributed by atoms with Gasteiger partial charge in [-0.2, -0.15) is 0 Å². The molecule has 2 amide bonds. The Kier molecular flexibility index (Phi) is 5.48. The van der Waals surface area contributed by atoms with Gasteiger partial charge in [-0.05, 0) is 20.8 Å². The zero-order valence-electron chi connectivity index (χ0n) is 11.3. The van der Waals surface area contributed by atoms with Crippen molar-refractivity contribution in [3.05, 3.63) is 0 Å². The number of nitrogens with zero attached hydrogens (tertiary/aromatic N) is 1. The molecule has 0 heterocycles. The maximum atomic E-state index is 11.4. The Morgan fingerprint density at radius 3 is 2.06 bits per heavy atom. The standard InChI is InChI=1S/C12H24N2O2/c1-9(2)11(16)13-7-8-14(10(3)15)12(4,5)6/h9H,7-8H2,1-6H3,(H,13,16). The largest absolute Gasteiger partial charge is 0.354 e. The third-order valence-electron chi connectivity index (χ3n) is 2.35. The highest BCUT2D eigenvalue weighted by atomic mass is 16.2. The predicted octanol–water partition coefficient (Wildman–Crippen LogP) is 1.41. The van der Waals surface area contributed by atoms with Crippen LogP contribution in [0.5, 0.6) is 0 Å². The molecule has 94 valence electrons. The normalized spacial score (nSPS) is 11.4. The Morgan fingerprint density at radius 1 is 1.25 bits per heavy atom. The van der Waals surface area contributed by atoms with Crippen molar-refractivity contribution in [1.82, 2.24) is 10.2 Å². The molecule has 0 unspecified atom stereocenters. The molecule has 0 aliphatic rings. The molecule has 0 bridgehead atoms. The van der Waals surface area contributed by atoms with E-state index in [1.54, 1.807) is 11.8 Å². The maximum absolute atomic E-state index is 11.4. The zero-order chi connectivity index (χ0) is 12.9. The van der Waals surface area contributed by atoms with Crippen molar-refractivity contribution >= 4 is 11.8 Å². The summed E-state index contributed by atoms with van der Waals surface area (Å²) in [6.45, 7) is 12.3. The van der Waals surface area contributed by atoms with Crippen LogP contribution in [-0.4, -0.2) is 35.3 Å². The van der Waals surface area contributed by atoms with Gasteiger partial charge in [0.05, 0.1) is 0 Å². The third-order valence-corrected chi connectivity index (χ3v) is 2.35. The van der Waals surface area contributed by atoms with Crippen molar-refractivity contribution < 1.29 is 9.59 Å². The van der Waals surface area contributed by atoms with E-state index in [0.29, 0.717) is 13.1 Å². The third kappa shape index (κ3) is 5.14. The molecule has 0 rings (SSSR count). The average molecular weight is 228 g/mol. The van der Waals surface area contributed by atoms with Gasteiger partial charge in [0, 0.05) is 31.5 Å². The lowest BCUT2D eigenvalue weighted by atomic mass is 10.1. The molecule has 0 aliphatic heterocycles. The summed E-state index contributed by atoms with van der Waals surface area (Å²) in [7, 11) is 0. The number of carbonyl (C=O) groups is 2. The number of nitrogens with one attached hydrogen (secondary N) is 1. The summed E-state index contributed by atoms with van der Waals surface area (Å²) >= 11 is 0. The van der Waals surface area contributed by atoms with Crippen molar-refractivity contribution in [1.29, 1.82) is 0 Å². The highest BCUT2D eigenvalue weighted by Gasteiger charge is 2.23. The molecule has 4 nitrogen and oxygen atoms in total. The van der Waals surface area contributed by atoms with Crippen molar-refractivity contribution in [2.75, 3.05) is 13.1 Å². The van der Waals surface area contributed by atoms with Crippen molar-refractivity contribution in [2.24, 2.45) is 5.92 Å². The molecule has 0 spiro atoms. The van der Waals surface area contributed by atoms with Gasteiger partial charge in [-0.15, -0.1) is 0 Å². The van der Waals surface area contributed by atoms with Crippen LogP contribution in [0.3, 0.4) is 0 Å². The quantitative estimate of drug-likeness (QED) is 0.791. The summed E-state index contributed by atoms with van der Waals surface area (Å²) in [5.41, 5.74) is -0.200. The Labute approximate surface area is 98.4 Å². The second kappa shape index (κ2) is 5.87. The molecule has 0 aromatic heterocycles. The van der Waals surface area contributed by atoms with Gasteiger partial charge >= 0.3 is 0 Å². The van der Waals surface area contributed by atoms with Crippen LogP contribution in [0.2, 0.25) is 0 Å². The summed E-state index contributed by atoms with van der Waals surface area (Å²) in [6.07, 6.45) is 0. The van der Waals surface area contributed by atoms with Gasteiger partial charge in [-0.1, -0.05) is 13.8 Å². The van der Waals surface area contributed by atoms with Crippen LogP contribution < -0.4 is 5.32 Å². The minimum atomic E-state index is -0.200. The fourth-order valence-corrected chi connectivity index (χ4v) is 1.46. The lowest BCUT2D eigenvalue weighted by Crippen LogP contribution is -2.48. The fraction of sp³-hybridized carbons (Fsp3) is 0.833. The number of hydrogen-bond donors (Lipinski definition) is 1. The maximum Gasteiger partial charge on any atom is 0.222 e. The minimum absolute atomic E-state index is 0.0135. The number of carbonyl (C=O) groups excluding carboxylic acids is 2. The van der Waals surface area contributed by atoms with Gasteiger partial charge in [-0.3, -0.25) is 9.59 Å². The molecule has 1 N–H and O–H groups in total. The van der Waals surface area contributed by atoms with E-state index in [-0.39, 0.29) is 23.3 Å². The average Bonchev–Trinajstić information content (AvgIpc) is 2.08. The smallest absolute Gasteiger partial charge is 0.222 e. The second-order valence-electron chi connectivity index (χ2n) is 5.29. The Bertz CT molecular complexity index is 254. The van der Waals surface area contributed by atoms with E-state index in [2.05, 4.69) is 5.32 Å². The van der Waals surface area contributed by atoms with E-state index in [9.17, 15) is 9.59 Å². The van der Waals surface area contributed by atoms with Gasteiger partial charge in [0.2, 0.25) is 11.8 Å². The van der Waals surface area contributed by atoms with Gasteiger partial charge in [0.25, 0.3) is 0 Å². The Hall–Kier alpha value is -1.06. The van der Waals surface area contributed by atoms with E-state index in [1.807, 2.05) is 34.6 Å². The van der Waals surface area contributed by atoms with Gasteiger partial charge in [-0.25, -0.2) is 0 Å². The first kappa shape index (κ1) is 14.9. The van der Waals surface area contributed by atoms with Crippen LogP contribution in [0.15, 0.2) is 0 Å². The van der Waals surface area contributed by atoms with Crippen molar-refractivity contribution in [2.45, 2.75) is 47.1 Å². The Morgan fingerprint density at radius 2 is 1.75 bits per heavy atom. The van der Waals surface area contributed by atoms with Crippen LogP contribution >= 0.6 is 0 Å². The van der Waals surface area contributed by atoms with E-state index in [1.165, 1.54) is 0 Å². The molecule has 0 saturated heterocycles. The van der Waals surface area contributed by atoms with Gasteiger partial charge < -0.3 is 10.2 Å². The van der Waals surface area contributed by atoms with Crippen LogP contribution in [0.4, 0.5) is 0 Å². The first-order valence-electron chi connectivity index (χ1n) is 5.72. The molecule has 4 heteroatoms. The molecule has 0 aromatic rings. The van der Waals surface area contributed by atoms with Crippen LogP contribution in [0.25, 0.3) is 0 Å². The molecule has 0 aliphatic carbocycles. The topological polar surface area (TPSA) is 49.4 Å². The summed E-state index contributed by atoms with van der Waals surface area (Å²) in [6, 6.07) is 0. The molecule has 0 aromatic carbocycles. The first-order chi connectivity index (χ1) is 7.16. The lowest BCUT2D eigenvalue weighted by molar-refractivity contribution is -0.134. The summed E-state index contributed by atoms with van der Waals surface area (Å²) < 4.78 is 0. The summed E-state index contributed by atoms with van der Waals surface area (Å²) in [4.78, 5) is 24.5. The van der Waals surface area contributed by atoms with Gasteiger partial charge in [0.15, 0.2) is 0 Å². The minimum Gasteiger partial charge on any atom is -0.354 e. The van der Waals surface area contributed by atoms with E-state index < -0.39 is 0 Å². The molecule has 16 heavy (non-hydrogen) atoms. The van der Waals surface area contributed by atoms with Crippen LogP contribution in [0.1, 0.15) is 41.5 Å². The fourth-order valence-electron chi connectivity index (χ4n) is 1.46.